The van der Waals surface area contributed by atoms with Crippen LogP contribution in [-0.2, 0) is 15.6 Å². The quantitative estimate of drug-likeness (QED) is 0.190. The molecule has 2 N–H and O–H groups in total. The summed E-state index contributed by atoms with van der Waals surface area (Å²) in [7, 11) is 0.144. The van der Waals surface area contributed by atoms with Gasteiger partial charge in [-0.2, -0.15) is 0 Å². The van der Waals surface area contributed by atoms with Crippen LogP contribution in [0.25, 0.3) is 0 Å². The van der Waals surface area contributed by atoms with Crippen LogP contribution in [0.1, 0.15) is 18.9 Å². The Balaban J connectivity index is 0.00000480. The minimum atomic E-state index is -3.14. The van der Waals surface area contributed by atoms with E-state index in [4.69, 9.17) is 9.47 Å². The molecule has 172 valence electrons. The maximum atomic E-state index is 12.3. The van der Waals surface area contributed by atoms with Gasteiger partial charge in [0.25, 0.3) is 0 Å². The van der Waals surface area contributed by atoms with Crippen LogP contribution in [0.4, 0.5) is 0 Å². The molecule has 0 radical (unpaired) electrons. The van der Waals surface area contributed by atoms with Crippen LogP contribution in [0.3, 0.4) is 0 Å². The molecule has 31 heavy (non-hydrogen) atoms. The largest absolute Gasteiger partial charge is 0.493 e. The molecular formula is C22H32IN3O4S. The second-order valence-electron chi connectivity index (χ2n) is 6.89. The van der Waals surface area contributed by atoms with Crippen molar-refractivity contribution in [1.82, 2.24) is 10.6 Å². The van der Waals surface area contributed by atoms with Gasteiger partial charge in [-0.3, -0.25) is 4.99 Å². The SMILES string of the molecule is CN=C(NCCCS(=O)(=O)Cc1ccccc1)NCC(C)Oc1ccccc1OC.I. The van der Waals surface area contributed by atoms with E-state index < -0.39 is 9.84 Å². The van der Waals surface area contributed by atoms with Crippen LogP contribution >= 0.6 is 24.0 Å². The van der Waals surface area contributed by atoms with Crippen LogP contribution in [0.2, 0.25) is 0 Å². The standard InChI is InChI=1S/C22H31N3O4S.HI/c1-18(29-21-13-8-7-12-20(21)28-3)16-25-22(23-2)24-14-9-15-30(26,27)17-19-10-5-4-6-11-19;/h4-8,10-13,18H,9,14-17H2,1-3H3,(H2,23,24,25);1H. The van der Waals surface area contributed by atoms with Crippen molar-refractivity contribution in [3.05, 3.63) is 60.2 Å². The third-order valence-electron chi connectivity index (χ3n) is 4.33. The number of rotatable bonds is 11. The summed E-state index contributed by atoms with van der Waals surface area (Å²) in [5.41, 5.74) is 0.812. The lowest BCUT2D eigenvalue weighted by Gasteiger charge is -2.19. The average molecular weight is 561 g/mol. The van der Waals surface area contributed by atoms with Crippen molar-refractivity contribution in [1.29, 1.82) is 0 Å². The number of methoxy groups -OCH3 is 1. The molecule has 9 heteroatoms. The fraction of sp³-hybridized carbons (Fsp3) is 0.409. The number of nitrogens with one attached hydrogen (secondary N) is 2. The van der Waals surface area contributed by atoms with E-state index in [1.807, 2.05) is 61.5 Å². The smallest absolute Gasteiger partial charge is 0.191 e. The molecule has 2 aromatic carbocycles. The zero-order valence-electron chi connectivity index (χ0n) is 18.2. The molecule has 1 unspecified atom stereocenters. The molecule has 7 nitrogen and oxygen atoms in total. The molecule has 0 amide bonds. The molecule has 0 saturated carbocycles. The maximum absolute atomic E-state index is 12.3. The highest BCUT2D eigenvalue weighted by molar-refractivity contribution is 14.0. The number of para-hydroxylation sites is 2. The van der Waals surface area contributed by atoms with E-state index in [9.17, 15) is 8.42 Å². The Morgan fingerprint density at radius 3 is 2.32 bits per heavy atom. The molecule has 0 aliphatic heterocycles. The van der Waals surface area contributed by atoms with Crippen LogP contribution in [-0.4, -0.2) is 53.5 Å². The fourth-order valence-corrected chi connectivity index (χ4v) is 4.26. The zero-order valence-corrected chi connectivity index (χ0v) is 21.4. The molecule has 2 aromatic rings. The monoisotopic (exact) mass is 561 g/mol. The number of guanidine groups is 1. The van der Waals surface area contributed by atoms with Crippen molar-refractivity contribution in [2.45, 2.75) is 25.2 Å². The highest BCUT2D eigenvalue weighted by atomic mass is 127. The molecule has 1 atom stereocenters. The van der Waals surface area contributed by atoms with E-state index >= 15 is 0 Å². The Morgan fingerprint density at radius 2 is 1.68 bits per heavy atom. The van der Waals surface area contributed by atoms with Crippen molar-refractivity contribution in [3.63, 3.8) is 0 Å². The van der Waals surface area contributed by atoms with Crippen molar-refractivity contribution in [2.24, 2.45) is 4.99 Å². The molecule has 0 aliphatic carbocycles. The summed E-state index contributed by atoms with van der Waals surface area (Å²) in [6.07, 6.45) is 0.384. The minimum Gasteiger partial charge on any atom is -0.493 e. The molecule has 0 aliphatic rings. The number of benzene rings is 2. The maximum Gasteiger partial charge on any atom is 0.191 e. The Kier molecular flexibility index (Phi) is 12.3. The minimum absolute atomic E-state index is 0. The first-order valence-electron chi connectivity index (χ1n) is 9.92. The van der Waals surface area contributed by atoms with Crippen LogP contribution in [0.15, 0.2) is 59.6 Å². The van der Waals surface area contributed by atoms with E-state index in [0.717, 1.165) is 5.56 Å². The summed E-state index contributed by atoms with van der Waals surface area (Å²) >= 11 is 0. The molecule has 2 rings (SSSR count). The molecular weight excluding hydrogens is 529 g/mol. The molecule has 0 saturated heterocycles. The first kappa shape index (κ1) is 27.0. The van der Waals surface area contributed by atoms with Gasteiger partial charge in [0.05, 0.1) is 25.2 Å². The van der Waals surface area contributed by atoms with Gasteiger partial charge < -0.3 is 20.1 Å². The van der Waals surface area contributed by atoms with Gasteiger partial charge in [-0.1, -0.05) is 42.5 Å². The molecule has 0 fully saturated rings. The van der Waals surface area contributed by atoms with Crippen molar-refractivity contribution >= 4 is 39.8 Å². The first-order chi connectivity index (χ1) is 14.4. The number of halogens is 1. The topological polar surface area (TPSA) is 89.0 Å². The third kappa shape index (κ3) is 10.2. The predicted octanol–water partition coefficient (Wildman–Crippen LogP) is 3.25. The van der Waals surface area contributed by atoms with Gasteiger partial charge in [0.15, 0.2) is 27.3 Å². The summed E-state index contributed by atoms with van der Waals surface area (Å²) in [4.78, 5) is 4.17. The number of nitrogens with zero attached hydrogens (tertiary/aromatic N) is 1. The van der Waals surface area contributed by atoms with Crippen molar-refractivity contribution in [3.8, 4) is 11.5 Å². The lowest BCUT2D eigenvalue weighted by Crippen LogP contribution is -2.42. The van der Waals surface area contributed by atoms with Gasteiger partial charge in [0.2, 0.25) is 0 Å². The van der Waals surface area contributed by atoms with Gasteiger partial charge in [-0.05, 0) is 31.0 Å². The van der Waals surface area contributed by atoms with Gasteiger partial charge >= 0.3 is 0 Å². The summed E-state index contributed by atoms with van der Waals surface area (Å²) in [5.74, 6) is 2.16. The number of hydrogen-bond acceptors (Lipinski definition) is 5. The fourth-order valence-electron chi connectivity index (χ4n) is 2.83. The van der Waals surface area contributed by atoms with E-state index in [-0.39, 0.29) is 41.6 Å². The third-order valence-corrected chi connectivity index (χ3v) is 6.02. The number of sulfone groups is 1. The van der Waals surface area contributed by atoms with Gasteiger partial charge in [0, 0.05) is 13.6 Å². The molecule has 0 bridgehead atoms. The lowest BCUT2D eigenvalue weighted by atomic mass is 10.2. The normalized spacial score (nSPS) is 12.4. The summed E-state index contributed by atoms with van der Waals surface area (Å²) < 4.78 is 35.7. The Hall–Kier alpha value is -2.01. The van der Waals surface area contributed by atoms with E-state index in [0.29, 0.717) is 37.0 Å². The highest BCUT2D eigenvalue weighted by Crippen LogP contribution is 2.26. The molecule has 0 spiro atoms. The predicted molar refractivity (Wildman–Crippen MR) is 136 cm³/mol. The van der Waals surface area contributed by atoms with Crippen molar-refractivity contribution in [2.75, 3.05) is 33.0 Å². The second-order valence-corrected chi connectivity index (χ2v) is 9.07. The Labute approximate surface area is 202 Å². The number of aliphatic imine (C=N–C) groups is 1. The Morgan fingerprint density at radius 1 is 1.03 bits per heavy atom. The van der Waals surface area contributed by atoms with Gasteiger partial charge in [-0.25, -0.2) is 8.42 Å². The summed E-state index contributed by atoms with van der Waals surface area (Å²) in [5, 5.41) is 6.33. The summed E-state index contributed by atoms with van der Waals surface area (Å²) in [6.45, 7) is 2.99. The van der Waals surface area contributed by atoms with Crippen LogP contribution in [0.5, 0.6) is 11.5 Å². The van der Waals surface area contributed by atoms with E-state index in [1.165, 1.54) is 0 Å². The van der Waals surface area contributed by atoms with Crippen molar-refractivity contribution < 1.29 is 17.9 Å². The Bertz CT molecular complexity index is 908. The number of hydrogen-bond donors (Lipinski definition) is 2. The molecule has 0 heterocycles. The van der Waals surface area contributed by atoms with Crippen LogP contribution in [0, 0.1) is 0 Å². The lowest BCUT2D eigenvalue weighted by molar-refractivity contribution is 0.213. The highest BCUT2D eigenvalue weighted by Gasteiger charge is 2.12. The summed E-state index contributed by atoms with van der Waals surface area (Å²) in [6, 6.07) is 16.7. The zero-order chi connectivity index (χ0) is 21.8. The van der Waals surface area contributed by atoms with Gasteiger partial charge in [-0.15, -0.1) is 24.0 Å². The van der Waals surface area contributed by atoms with E-state index in [2.05, 4.69) is 15.6 Å². The van der Waals surface area contributed by atoms with Gasteiger partial charge in [0.1, 0.15) is 6.10 Å². The van der Waals surface area contributed by atoms with E-state index in [1.54, 1.807) is 14.2 Å². The number of ether oxygens (including phenoxy) is 2. The molecule has 0 aromatic heterocycles. The van der Waals surface area contributed by atoms with Crippen LogP contribution < -0.4 is 20.1 Å². The first-order valence-corrected chi connectivity index (χ1v) is 11.7. The second kappa shape index (κ2) is 14.1. The average Bonchev–Trinajstić information content (AvgIpc) is 2.74.